The summed E-state index contributed by atoms with van der Waals surface area (Å²) in [5.74, 6) is 0. The summed E-state index contributed by atoms with van der Waals surface area (Å²) in [7, 11) is 0. The van der Waals surface area contributed by atoms with E-state index in [-0.39, 0.29) is 12.4 Å². The van der Waals surface area contributed by atoms with Crippen molar-refractivity contribution in [3.63, 3.8) is 0 Å². The zero-order valence-corrected chi connectivity index (χ0v) is 18.4. The van der Waals surface area contributed by atoms with Crippen LogP contribution in [0.1, 0.15) is 76.7 Å². The Bertz CT molecular complexity index is 405. The Balaban J connectivity index is 0.00000529. The molecule has 0 heterocycles. The van der Waals surface area contributed by atoms with Gasteiger partial charge >= 0.3 is 146 Å². The molecule has 1 rings (SSSR count). The van der Waals surface area contributed by atoms with Crippen molar-refractivity contribution in [1.82, 2.24) is 0 Å². The van der Waals surface area contributed by atoms with Gasteiger partial charge in [-0.15, -0.1) is 12.4 Å². The van der Waals surface area contributed by atoms with Crippen LogP contribution in [0.25, 0.3) is 0 Å². The van der Waals surface area contributed by atoms with Gasteiger partial charge in [0, 0.05) is 0 Å². The normalized spacial score (nSPS) is 13.1. The average molecular weight is 373 g/mol. The van der Waals surface area contributed by atoms with Gasteiger partial charge in [0.05, 0.1) is 0 Å². The molecule has 0 bridgehead atoms. The maximum atomic E-state index is 2.58. The molecule has 0 saturated heterocycles. The van der Waals surface area contributed by atoms with E-state index in [1.54, 1.807) is 0 Å². The van der Waals surface area contributed by atoms with Crippen molar-refractivity contribution in [3.05, 3.63) is 35.9 Å². The van der Waals surface area contributed by atoms with Crippen LogP contribution in [-0.2, 0) is 6.16 Å². The molecule has 0 aromatic heterocycles. The molecule has 142 valence electrons. The van der Waals surface area contributed by atoms with E-state index in [1.165, 1.54) is 82.1 Å². The molecule has 0 spiro atoms. The Kier molecular flexibility index (Phi) is 12.3. The Morgan fingerprint density at radius 3 is 1.62 bits per heavy atom. The van der Waals surface area contributed by atoms with Crippen LogP contribution < -0.4 is 0 Å². The summed E-state index contributed by atoms with van der Waals surface area (Å²) >= 11 is 0. The number of unbranched alkanes of at least 4 members (excludes halogenated alkanes) is 9. The van der Waals surface area contributed by atoms with Gasteiger partial charge in [0.2, 0.25) is 0 Å². The van der Waals surface area contributed by atoms with Crippen LogP contribution in [0.3, 0.4) is 0 Å². The number of hydrogen-bond donors (Lipinski definition) is 0. The monoisotopic (exact) mass is 372 g/mol. The first kappa shape index (κ1) is 23.9. The zero-order valence-electron chi connectivity index (χ0n) is 16.7. The topological polar surface area (TPSA) is 0 Å². The summed E-state index contributed by atoms with van der Waals surface area (Å²) < 4.78 is 0. The molecular weight excluding hydrogens is 331 g/mol. The second-order valence-corrected chi connectivity index (χ2v) is 16.7. The molecule has 0 fully saturated rings. The van der Waals surface area contributed by atoms with Gasteiger partial charge in [-0.3, -0.25) is 0 Å². The summed E-state index contributed by atoms with van der Waals surface area (Å²) in [6.07, 6.45) is 17.2. The molecule has 0 saturated carbocycles. The van der Waals surface area contributed by atoms with Gasteiger partial charge in [-0.1, -0.05) is 0 Å². The van der Waals surface area contributed by atoms with Crippen LogP contribution in [0.5, 0.6) is 0 Å². The van der Waals surface area contributed by atoms with Crippen LogP contribution in [0.15, 0.2) is 30.3 Å². The molecule has 24 heavy (non-hydrogen) atoms. The smallest absolute Gasteiger partial charge is 0.147 e. The molecule has 2 heteroatoms. The first-order valence-electron chi connectivity index (χ1n) is 9.95. The zero-order chi connectivity index (χ0) is 17.0. The van der Waals surface area contributed by atoms with Crippen LogP contribution in [-0.4, -0.2) is 26.2 Å². The van der Waals surface area contributed by atoms with E-state index < -0.39 is 6.60 Å². The van der Waals surface area contributed by atoms with Crippen LogP contribution in [0.2, 0.25) is 0 Å². The van der Waals surface area contributed by atoms with Gasteiger partial charge < -0.3 is 0 Å². The van der Waals surface area contributed by atoms with Crippen LogP contribution in [0, 0.1) is 0 Å². The molecular formula is C22H42ClP. The number of benzene rings is 1. The minimum atomic E-state index is -1.51. The van der Waals surface area contributed by atoms with Crippen molar-refractivity contribution < 1.29 is 0 Å². The first-order chi connectivity index (χ1) is 10.9. The van der Waals surface area contributed by atoms with Crippen molar-refractivity contribution in [2.24, 2.45) is 0 Å². The second-order valence-electron chi connectivity index (χ2n) is 9.01. The molecule has 0 radical (unpaired) electrons. The minimum absolute atomic E-state index is 0. The maximum absolute atomic E-state index is 2.58. The molecule has 1 aromatic carbocycles. The van der Waals surface area contributed by atoms with E-state index in [2.05, 4.69) is 57.3 Å². The summed E-state index contributed by atoms with van der Waals surface area (Å²) in [6.45, 7) is 8.52. The molecule has 0 N–H and O–H groups in total. The third-order valence-electron chi connectivity index (χ3n) is 4.95. The van der Waals surface area contributed by atoms with Crippen molar-refractivity contribution in [1.29, 1.82) is 0 Å². The molecule has 0 atom stereocenters. The van der Waals surface area contributed by atoms with Crippen LogP contribution in [0.4, 0.5) is 0 Å². The standard InChI is InChI=1S/C22H41P.ClH/c1-5-6-7-8-9-10-11-12-13-17-20-23(2,3,4)21-22-18-15-14-16-19-22;/h14-16,18-19H,5-13,17,20-21H2,1-4H3;1H. The summed E-state index contributed by atoms with van der Waals surface area (Å²) in [6, 6.07) is 11.1. The van der Waals surface area contributed by atoms with Gasteiger partial charge in [-0.25, -0.2) is 0 Å². The quantitative estimate of drug-likeness (QED) is 0.243. The fraction of sp³-hybridized carbons (Fsp3) is 0.727. The van der Waals surface area contributed by atoms with Crippen LogP contribution >= 0.6 is 19.0 Å². The Hall–Kier alpha value is -0.0600. The number of hydrogen-bond acceptors (Lipinski definition) is 0. The fourth-order valence-electron chi connectivity index (χ4n) is 3.52. The Morgan fingerprint density at radius 2 is 1.12 bits per heavy atom. The van der Waals surface area contributed by atoms with Gasteiger partial charge in [-0.2, -0.15) is 0 Å². The summed E-state index contributed by atoms with van der Waals surface area (Å²) in [5, 5.41) is 0. The predicted octanol–water partition coefficient (Wildman–Crippen LogP) is 7.97. The van der Waals surface area contributed by atoms with E-state index in [0.717, 1.165) is 0 Å². The van der Waals surface area contributed by atoms with Gasteiger partial charge in [0.25, 0.3) is 0 Å². The first-order valence-corrected chi connectivity index (χ1v) is 13.9. The van der Waals surface area contributed by atoms with E-state index in [0.29, 0.717) is 0 Å². The van der Waals surface area contributed by atoms with Crippen molar-refractivity contribution in [3.8, 4) is 0 Å². The molecule has 0 nitrogen and oxygen atoms in total. The van der Waals surface area contributed by atoms with Crippen molar-refractivity contribution in [2.45, 2.75) is 77.3 Å². The molecule has 1 aromatic rings. The van der Waals surface area contributed by atoms with E-state index in [9.17, 15) is 0 Å². The van der Waals surface area contributed by atoms with E-state index in [1.807, 2.05) is 0 Å². The third kappa shape index (κ3) is 12.3. The molecule has 0 amide bonds. The molecule has 0 unspecified atom stereocenters. The molecule has 0 aliphatic rings. The second kappa shape index (κ2) is 12.3. The SMILES string of the molecule is CCCCCCCCCCCCP(C)(C)(C)Cc1ccccc1.Cl. The summed E-state index contributed by atoms with van der Waals surface area (Å²) in [5.41, 5.74) is 1.53. The Labute approximate surface area is 158 Å². The van der Waals surface area contributed by atoms with Crippen molar-refractivity contribution in [2.75, 3.05) is 26.2 Å². The van der Waals surface area contributed by atoms with Gasteiger partial charge in [-0.05, 0) is 0 Å². The largest absolute Gasteiger partial charge is 0.147 e. The molecule has 0 aliphatic carbocycles. The predicted molar refractivity (Wildman–Crippen MR) is 119 cm³/mol. The van der Waals surface area contributed by atoms with Gasteiger partial charge in [0.15, 0.2) is 0 Å². The van der Waals surface area contributed by atoms with Gasteiger partial charge in [0.1, 0.15) is 0 Å². The average Bonchev–Trinajstić information content (AvgIpc) is 2.49. The van der Waals surface area contributed by atoms with E-state index in [4.69, 9.17) is 0 Å². The van der Waals surface area contributed by atoms with Crippen molar-refractivity contribution >= 4 is 19.0 Å². The minimum Gasteiger partial charge on any atom is -0.147 e. The van der Waals surface area contributed by atoms with E-state index >= 15 is 0 Å². The molecule has 0 aliphatic heterocycles. The summed E-state index contributed by atoms with van der Waals surface area (Å²) in [4.78, 5) is 0. The third-order valence-corrected chi connectivity index (χ3v) is 8.46. The number of halogens is 1. The number of rotatable bonds is 13. The fourth-order valence-corrected chi connectivity index (χ4v) is 6.64. The maximum Gasteiger partial charge on any atom is -0.147 e. The Morgan fingerprint density at radius 1 is 0.667 bits per heavy atom.